The van der Waals surface area contributed by atoms with Crippen molar-refractivity contribution >= 4 is 29.2 Å². The fourth-order valence-electron chi connectivity index (χ4n) is 6.75. The van der Waals surface area contributed by atoms with Crippen molar-refractivity contribution < 1.29 is 22.7 Å². The zero-order chi connectivity index (χ0) is 31.0. The maximum atomic E-state index is 15.4. The molecule has 9 nitrogen and oxygen atoms in total. The predicted octanol–water partition coefficient (Wildman–Crippen LogP) is 4.24. The summed E-state index contributed by atoms with van der Waals surface area (Å²) in [7, 11) is 2.07. The normalized spacial score (nSPS) is 21.9. The molecule has 5 heterocycles. The van der Waals surface area contributed by atoms with Crippen molar-refractivity contribution in [2.24, 2.45) is 0 Å². The molecule has 0 bridgehead atoms. The molecule has 2 aromatic rings. The first kappa shape index (κ1) is 30.5. The highest BCUT2D eigenvalue weighted by Crippen LogP contribution is 2.43. The number of rotatable bonds is 7. The lowest BCUT2D eigenvalue weighted by Gasteiger charge is -2.42. The van der Waals surface area contributed by atoms with Gasteiger partial charge in [-0.1, -0.05) is 6.58 Å². The number of nitrogens with zero attached hydrogens (tertiary/aromatic N) is 7. The van der Waals surface area contributed by atoms with Gasteiger partial charge in [0.15, 0.2) is 11.6 Å². The molecule has 0 aliphatic carbocycles. The lowest BCUT2D eigenvalue weighted by atomic mass is 10.0. The molecule has 1 aromatic carbocycles. The van der Waals surface area contributed by atoms with Gasteiger partial charge in [0.25, 0.3) is 5.91 Å². The minimum absolute atomic E-state index is 0.0283. The summed E-state index contributed by atoms with van der Waals surface area (Å²) in [6.45, 7) is 6.20. The molecular weight excluding hydrogens is 591 g/mol. The van der Waals surface area contributed by atoms with Crippen LogP contribution in [0.1, 0.15) is 42.5 Å². The number of carbonyl (C=O) groups excluding carboxylic acids is 1. The number of likely N-dealkylation sites (tertiary alicyclic amines) is 1. The molecule has 0 saturated carbocycles. The molecule has 13 heteroatoms. The molecule has 2 saturated heterocycles. The molecule has 2 fully saturated rings. The van der Waals surface area contributed by atoms with Gasteiger partial charge in [-0.3, -0.25) is 4.79 Å². The highest BCUT2D eigenvalue weighted by atomic mass is 32.2. The van der Waals surface area contributed by atoms with Crippen LogP contribution in [-0.2, 0) is 24.2 Å². The summed E-state index contributed by atoms with van der Waals surface area (Å²) in [5.41, 5.74) is 2.57. The average Bonchev–Trinajstić information content (AvgIpc) is 3.43. The topological polar surface area (TPSA) is 88.8 Å². The molecule has 0 spiro atoms. The van der Waals surface area contributed by atoms with Gasteiger partial charge in [-0.15, -0.1) is 11.8 Å². The van der Waals surface area contributed by atoms with Gasteiger partial charge in [0.05, 0.1) is 36.5 Å². The number of hydrogen-bond acceptors (Lipinski definition) is 9. The van der Waals surface area contributed by atoms with Gasteiger partial charge in [-0.25, -0.2) is 13.2 Å². The lowest BCUT2D eigenvalue weighted by Crippen LogP contribution is -2.55. The van der Waals surface area contributed by atoms with Crippen LogP contribution in [0, 0.1) is 23.0 Å². The highest BCUT2D eigenvalue weighted by Gasteiger charge is 2.36. The fraction of sp³-hybridized carbons (Fsp3) is 0.548. The number of anilines is 2. The molecule has 4 aliphatic rings. The van der Waals surface area contributed by atoms with Crippen LogP contribution in [0.3, 0.4) is 0 Å². The van der Waals surface area contributed by atoms with E-state index >= 15 is 4.39 Å². The summed E-state index contributed by atoms with van der Waals surface area (Å²) in [6.07, 6.45) is 4.08. The first-order valence-corrected chi connectivity index (χ1v) is 16.1. The number of thioether (sulfide) groups is 1. The second-order valence-electron chi connectivity index (χ2n) is 11.8. The van der Waals surface area contributed by atoms with Crippen molar-refractivity contribution in [1.82, 2.24) is 19.8 Å². The number of halogens is 3. The zero-order valence-corrected chi connectivity index (χ0v) is 25.6. The smallest absolute Gasteiger partial charge is 0.318 e. The van der Waals surface area contributed by atoms with E-state index in [1.54, 1.807) is 0 Å². The number of carbonyl (C=O) groups is 1. The molecule has 6 rings (SSSR count). The van der Waals surface area contributed by atoms with Gasteiger partial charge in [0.1, 0.15) is 18.2 Å². The van der Waals surface area contributed by atoms with E-state index < -0.39 is 29.4 Å². The number of amides is 1. The summed E-state index contributed by atoms with van der Waals surface area (Å²) in [5.74, 6) is -1.48. The van der Waals surface area contributed by atoms with Crippen molar-refractivity contribution in [3.63, 3.8) is 0 Å². The Hall–Kier alpha value is -3.50. The largest absolute Gasteiger partial charge is 0.462 e. The van der Waals surface area contributed by atoms with Gasteiger partial charge in [0.2, 0.25) is 0 Å². The monoisotopic (exact) mass is 627 g/mol. The van der Waals surface area contributed by atoms with E-state index in [1.165, 1.54) is 16.7 Å². The van der Waals surface area contributed by atoms with Crippen LogP contribution in [0.2, 0.25) is 0 Å². The molecule has 1 aromatic heterocycles. The molecular formula is C31H36F3N7O2S. The molecule has 4 aliphatic heterocycles. The van der Waals surface area contributed by atoms with Gasteiger partial charge in [0, 0.05) is 54.3 Å². The highest BCUT2D eigenvalue weighted by molar-refractivity contribution is 7.99. The molecule has 0 unspecified atom stereocenters. The zero-order valence-electron chi connectivity index (χ0n) is 24.8. The second-order valence-corrected chi connectivity index (χ2v) is 12.9. The second kappa shape index (κ2) is 12.9. The Morgan fingerprint density at radius 3 is 2.70 bits per heavy atom. The van der Waals surface area contributed by atoms with Crippen molar-refractivity contribution in [3.8, 4) is 12.1 Å². The van der Waals surface area contributed by atoms with E-state index in [0.717, 1.165) is 43.2 Å². The summed E-state index contributed by atoms with van der Waals surface area (Å²) in [5, 5.41) is 9.47. The molecule has 0 N–H and O–H groups in total. The van der Waals surface area contributed by atoms with Crippen molar-refractivity contribution in [2.75, 3.05) is 61.9 Å². The van der Waals surface area contributed by atoms with E-state index in [2.05, 4.69) is 24.6 Å². The van der Waals surface area contributed by atoms with Crippen LogP contribution >= 0.6 is 11.8 Å². The summed E-state index contributed by atoms with van der Waals surface area (Å²) in [4.78, 5) is 30.4. The van der Waals surface area contributed by atoms with Crippen LogP contribution < -0.4 is 14.5 Å². The Labute approximate surface area is 259 Å². The molecule has 2 atom stereocenters. The first-order valence-electron chi connectivity index (χ1n) is 15.1. The predicted molar refractivity (Wildman–Crippen MR) is 162 cm³/mol. The number of ether oxygens (including phenoxy) is 1. The summed E-state index contributed by atoms with van der Waals surface area (Å²) < 4.78 is 50.1. The van der Waals surface area contributed by atoms with Crippen molar-refractivity contribution in [2.45, 2.75) is 62.0 Å². The van der Waals surface area contributed by atoms with E-state index in [-0.39, 0.29) is 31.6 Å². The van der Waals surface area contributed by atoms with Crippen LogP contribution in [-0.4, -0.2) is 89.9 Å². The minimum Gasteiger partial charge on any atom is -0.462 e. The van der Waals surface area contributed by atoms with Crippen molar-refractivity contribution in [3.05, 3.63) is 46.9 Å². The standard InChI is InChI=1S/C31H36F3N7O2S/c1-19(32)30(42)41-13-12-40(16-20(41)7-9-35)29-23-8-11-39(27-25(34)15-24(33)22-6-4-14-44-28(22)27)17-26(23)36-31(37-29)43-18-21-5-3-10-38(21)2/h15,20-21H,1,3-8,10-14,16-18H2,2H3/t20-,21-/m0/s1. The van der Waals surface area contributed by atoms with Gasteiger partial charge < -0.3 is 24.3 Å². The van der Waals surface area contributed by atoms with E-state index in [4.69, 9.17) is 14.7 Å². The number of benzene rings is 1. The number of aromatic nitrogens is 2. The van der Waals surface area contributed by atoms with E-state index in [0.29, 0.717) is 66.7 Å². The van der Waals surface area contributed by atoms with E-state index in [1.807, 2.05) is 9.80 Å². The fourth-order valence-corrected chi connectivity index (χ4v) is 7.98. The molecule has 1 amide bonds. The third-order valence-corrected chi connectivity index (χ3v) is 10.3. The Morgan fingerprint density at radius 2 is 1.95 bits per heavy atom. The summed E-state index contributed by atoms with van der Waals surface area (Å²) >= 11 is 1.50. The summed E-state index contributed by atoms with van der Waals surface area (Å²) in [6, 6.07) is 3.02. The third kappa shape index (κ3) is 5.94. The maximum absolute atomic E-state index is 15.4. The van der Waals surface area contributed by atoms with Crippen LogP contribution in [0.5, 0.6) is 6.01 Å². The van der Waals surface area contributed by atoms with Crippen LogP contribution in [0.15, 0.2) is 23.4 Å². The Kier molecular flexibility index (Phi) is 8.91. The first-order chi connectivity index (χ1) is 21.2. The molecule has 0 radical (unpaired) electrons. The maximum Gasteiger partial charge on any atom is 0.318 e. The Morgan fingerprint density at radius 1 is 1.11 bits per heavy atom. The van der Waals surface area contributed by atoms with Gasteiger partial charge in [-0.05, 0) is 51.4 Å². The Balaban J connectivity index is 1.33. The molecule has 234 valence electrons. The van der Waals surface area contributed by atoms with E-state index in [9.17, 15) is 18.8 Å². The van der Waals surface area contributed by atoms with Gasteiger partial charge >= 0.3 is 6.01 Å². The van der Waals surface area contributed by atoms with Crippen molar-refractivity contribution in [1.29, 1.82) is 5.26 Å². The van der Waals surface area contributed by atoms with Crippen LogP contribution in [0.25, 0.3) is 0 Å². The quantitative estimate of drug-likeness (QED) is 0.419. The number of hydrogen-bond donors (Lipinski definition) is 0. The number of fused-ring (bicyclic) bond motifs is 2. The number of likely N-dealkylation sites (N-methyl/N-ethyl adjacent to an activating group) is 1. The third-order valence-electron chi connectivity index (χ3n) is 9.09. The minimum atomic E-state index is -1.05. The van der Waals surface area contributed by atoms with Crippen LogP contribution in [0.4, 0.5) is 24.7 Å². The Bertz CT molecular complexity index is 1500. The number of piperazine rings is 1. The number of nitriles is 1. The molecule has 44 heavy (non-hydrogen) atoms. The lowest BCUT2D eigenvalue weighted by molar-refractivity contribution is -0.131. The van der Waals surface area contributed by atoms with Gasteiger partial charge in [-0.2, -0.15) is 15.2 Å². The average molecular weight is 628 g/mol. The SMILES string of the molecule is C=C(F)C(=O)N1CCN(c2nc(OC[C@@H]3CCCN3C)nc3c2CCN(c2c(F)cc(F)c4c2SCCC4)C3)C[C@@H]1CC#N.